The van der Waals surface area contributed by atoms with Crippen LogP contribution in [0.4, 0.5) is 0 Å². The average Bonchev–Trinajstić information content (AvgIpc) is 2.37. The van der Waals surface area contributed by atoms with E-state index in [2.05, 4.69) is 5.32 Å². The quantitative estimate of drug-likeness (QED) is 0.812. The lowest BCUT2D eigenvalue weighted by Crippen LogP contribution is -2.42. The molecule has 0 aromatic heterocycles. The Morgan fingerprint density at radius 2 is 1.95 bits per heavy atom. The standard InChI is InChI=1S/C14H20ClNO4S/c1-5-14(3,4)16-13(17)10-7-8-11(20-6-2)12(9-10)21(15,18)19/h7-9H,5-6H2,1-4H3,(H,16,17). The van der Waals surface area contributed by atoms with Gasteiger partial charge in [-0.05, 0) is 45.4 Å². The molecule has 0 fully saturated rings. The number of halogens is 1. The minimum absolute atomic E-state index is 0.138. The van der Waals surface area contributed by atoms with Crippen LogP contribution < -0.4 is 10.1 Å². The van der Waals surface area contributed by atoms with E-state index in [4.69, 9.17) is 15.4 Å². The van der Waals surface area contributed by atoms with Crippen molar-refractivity contribution < 1.29 is 17.9 Å². The van der Waals surface area contributed by atoms with Crippen molar-refractivity contribution in [3.63, 3.8) is 0 Å². The topological polar surface area (TPSA) is 72.5 Å². The summed E-state index contributed by atoms with van der Waals surface area (Å²) in [5.74, 6) is -0.217. The van der Waals surface area contributed by atoms with E-state index >= 15 is 0 Å². The maximum Gasteiger partial charge on any atom is 0.265 e. The van der Waals surface area contributed by atoms with Gasteiger partial charge in [-0.15, -0.1) is 0 Å². The van der Waals surface area contributed by atoms with Crippen LogP contribution in [0.25, 0.3) is 0 Å². The number of ether oxygens (including phenoxy) is 1. The zero-order valence-electron chi connectivity index (χ0n) is 12.6. The smallest absolute Gasteiger partial charge is 0.265 e. The van der Waals surface area contributed by atoms with Gasteiger partial charge in [0, 0.05) is 21.8 Å². The molecule has 118 valence electrons. The molecule has 0 aliphatic heterocycles. The first-order valence-corrected chi connectivity index (χ1v) is 8.95. The molecule has 0 bridgehead atoms. The Balaban J connectivity index is 3.20. The van der Waals surface area contributed by atoms with Gasteiger partial charge in [0.15, 0.2) is 0 Å². The van der Waals surface area contributed by atoms with Crippen LogP contribution in [0.15, 0.2) is 23.1 Å². The molecule has 1 aromatic carbocycles. The third-order valence-electron chi connectivity index (χ3n) is 3.10. The summed E-state index contributed by atoms with van der Waals surface area (Å²) in [4.78, 5) is 12.0. The molecule has 0 radical (unpaired) electrons. The predicted molar refractivity (Wildman–Crippen MR) is 82.5 cm³/mol. The second kappa shape index (κ2) is 6.66. The van der Waals surface area contributed by atoms with Crippen LogP contribution in [0.1, 0.15) is 44.5 Å². The third-order valence-corrected chi connectivity index (χ3v) is 4.45. The van der Waals surface area contributed by atoms with Crippen molar-refractivity contribution in [3.8, 4) is 5.75 Å². The van der Waals surface area contributed by atoms with E-state index in [9.17, 15) is 13.2 Å². The zero-order chi connectivity index (χ0) is 16.3. The first-order valence-electron chi connectivity index (χ1n) is 6.64. The molecule has 0 saturated heterocycles. The Morgan fingerprint density at radius 1 is 1.33 bits per heavy atom. The van der Waals surface area contributed by atoms with Crippen LogP contribution in [0.2, 0.25) is 0 Å². The molecule has 0 unspecified atom stereocenters. The molecular weight excluding hydrogens is 314 g/mol. The lowest BCUT2D eigenvalue weighted by Gasteiger charge is -2.24. The summed E-state index contributed by atoms with van der Waals surface area (Å²) in [5.41, 5.74) is -0.158. The van der Waals surface area contributed by atoms with Crippen LogP contribution in [-0.4, -0.2) is 26.5 Å². The van der Waals surface area contributed by atoms with E-state index in [1.165, 1.54) is 18.2 Å². The number of benzene rings is 1. The van der Waals surface area contributed by atoms with Crippen LogP contribution in [-0.2, 0) is 9.05 Å². The minimum Gasteiger partial charge on any atom is -0.492 e. The van der Waals surface area contributed by atoms with Gasteiger partial charge in [0.2, 0.25) is 0 Å². The van der Waals surface area contributed by atoms with Gasteiger partial charge in [0.25, 0.3) is 15.0 Å². The summed E-state index contributed by atoms with van der Waals surface area (Å²) in [6.07, 6.45) is 0.746. The SMILES string of the molecule is CCOc1ccc(C(=O)NC(C)(C)CC)cc1S(=O)(=O)Cl. The number of carbonyl (C=O) groups is 1. The number of hydrogen-bond donors (Lipinski definition) is 1. The molecule has 0 aliphatic carbocycles. The van der Waals surface area contributed by atoms with Crippen LogP contribution in [0, 0.1) is 0 Å². The van der Waals surface area contributed by atoms with Gasteiger partial charge in [-0.3, -0.25) is 4.79 Å². The van der Waals surface area contributed by atoms with Gasteiger partial charge in [-0.1, -0.05) is 6.92 Å². The van der Waals surface area contributed by atoms with Crippen LogP contribution in [0.5, 0.6) is 5.75 Å². The van der Waals surface area contributed by atoms with Gasteiger partial charge in [-0.2, -0.15) is 0 Å². The average molecular weight is 334 g/mol. The predicted octanol–water partition coefficient (Wildman–Crippen LogP) is 2.93. The van der Waals surface area contributed by atoms with E-state index < -0.39 is 9.05 Å². The lowest BCUT2D eigenvalue weighted by atomic mass is 10.0. The van der Waals surface area contributed by atoms with Crippen molar-refractivity contribution in [2.75, 3.05) is 6.61 Å². The summed E-state index contributed by atoms with van der Waals surface area (Å²) in [5, 5.41) is 2.83. The molecule has 0 saturated carbocycles. The number of amides is 1. The Bertz CT molecular complexity index is 626. The first-order chi connectivity index (χ1) is 9.60. The molecule has 1 amide bonds. The van der Waals surface area contributed by atoms with E-state index in [0.29, 0.717) is 6.61 Å². The number of nitrogens with one attached hydrogen (secondary N) is 1. The number of rotatable bonds is 6. The Hall–Kier alpha value is -1.27. The second-order valence-electron chi connectivity index (χ2n) is 5.22. The zero-order valence-corrected chi connectivity index (χ0v) is 14.1. The first kappa shape index (κ1) is 17.8. The summed E-state index contributed by atoms with van der Waals surface area (Å²) in [6, 6.07) is 4.18. The Morgan fingerprint density at radius 3 is 2.43 bits per heavy atom. The highest BCUT2D eigenvalue weighted by atomic mass is 35.7. The van der Waals surface area contributed by atoms with Crippen molar-refractivity contribution in [2.24, 2.45) is 0 Å². The molecule has 0 atom stereocenters. The van der Waals surface area contributed by atoms with Crippen molar-refractivity contribution in [1.82, 2.24) is 5.32 Å². The van der Waals surface area contributed by atoms with Crippen LogP contribution in [0.3, 0.4) is 0 Å². The number of hydrogen-bond acceptors (Lipinski definition) is 4. The summed E-state index contributed by atoms with van der Waals surface area (Å²) in [6.45, 7) is 7.76. The van der Waals surface area contributed by atoms with E-state index in [-0.39, 0.29) is 27.7 Å². The van der Waals surface area contributed by atoms with Crippen LogP contribution >= 0.6 is 10.7 Å². The molecule has 0 spiro atoms. The number of carbonyl (C=O) groups excluding carboxylic acids is 1. The van der Waals surface area contributed by atoms with E-state index in [1.54, 1.807) is 6.92 Å². The molecule has 1 rings (SSSR count). The highest BCUT2D eigenvalue weighted by Crippen LogP contribution is 2.28. The fraction of sp³-hybridized carbons (Fsp3) is 0.500. The monoisotopic (exact) mass is 333 g/mol. The molecular formula is C14H20ClNO4S. The molecule has 21 heavy (non-hydrogen) atoms. The normalized spacial score (nSPS) is 12.0. The second-order valence-corrected chi connectivity index (χ2v) is 7.76. The molecule has 0 heterocycles. The highest BCUT2D eigenvalue weighted by Gasteiger charge is 2.22. The van der Waals surface area contributed by atoms with Crippen molar-refractivity contribution in [1.29, 1.82) is 0 Å². The lowest BCUT2D eigenvalue weighted by molar-refractivity contribution is 0.0911. The molecule has 5 nitrogen and oxygen atoms in total. The molecule has 7 heteroatoms. The molecule has 1 N–H and O–H groups in total. The fourth-order valence-electron chi connectivity index (χ4n) is 1.58. The van der Waals surface area contributed by atoms with Gasteiger partial charge in [0.1, 0.15) is 10.6 Å². The summed E-state index contributed by atoms with van der Waals surface area (Å²) >= 11 is 0. The van der Waals surface area contributed by atoms with Gasteiger partial charge in [0.05, 0.1) is 6.61 Å². The molecule has 1 aromatic rings. The van der Waals surface area contributed by atoms with Crippen molar-refractivity contribution in [3.05, 3.63) is 23.8 Å². The van der Waals surface area contributed by atoms with Gasteiger partial charge in [-0.25, -0.2) is 8.42 Å². The third kappa shape index (κ3) is 4.89. The van der Waals surface area contributed by atoms with E-state index in [1.807, 2.05) is 20.8 Å². The Labute approximate surface area is 130 Å². The highest BCUT2D eigenvalue weighted by molar-refractivity contribution is 8.13. The van der Waals surface area contributed by atoms with Crippen molar-refractivity contribution >= 4 is 25.6 Å². The summed E-state index contributed by atoms with van der Waals surface area (Å²) in [7, 11) is 1.40. The van der Waals surface area contributed by atoms with Gasteiger partial charge < -0.3 is 10.1 Å². The maximum absolute atomic E-state index is 12.2. The van der Waals surface area contributed by atoms with Crippen molar-refractivity contribution in [2.45, 2.75) is 44.6 Å². The largest absolute Gasteiger partial charge is 0.492 e. The summed E-state index contributed by atoms with van der Waals surface area (Å²) < 4.78 is 28.4. The minimum atomic E-state index is -3.99. The maximum atomic E-state index is 12.2. The van der Waals surface area contributed by atoms with Gasteiger partial charge >= 0.3 is 0 Å². The fourth-order valence-corrected chi connectivity index (χ4v) is 2.58. The van der Waals surface area contributed by atoms with E-state index in [0.717, 1.165) is 6.42 Å². The molecule has 0 aliphatic rings. The Kier molecular flexibility index (Phi) is 5.64.